The first-order valence-electron chi connectivity index (χ1n) is 4.07. The Labute approximate surface area is 90.4 Å². The molecule has 0 spiro atoms. The first-order chi connectivity index (χ1) is 6.22. The number of hydrogen-bond acceptors (Lipinski definition) is 2. The predicted molar refractivity (Wildman–Crippen MR) is 58.8 cm³/mol. The molecule has 1 aliphatic carbocycles. The summed E-state index contributed by atoms with van der Waals surface area (Å²) in [5.41, 5.74) is 1.98. The summed E-state index contributed by atoms with van der Waals surface area (Å²) in [7, 11) is 1.64. The topological polar surface area (TPSA) is 26.3 Å². The number of ether oxygens (including phenoxy) is 1. The van der Waals surface area contributed by atoms with Crippen LogP contribution in [0, 0.1) is 0 Å². The van der Waals surface area contributed by atoms with E-state index in [1.807, 2.05) is 18.2 Å². The van der Waals surface area contributed by atoms with Gasteiger partial charge >= 0.3 is 0 Å². The second kappa shape index (κ2) is 3.29. The number of hydrogen-bond donors (Lipinski definition) is 0. The standard InChI is InChI=1S/C10H9IO2/c1-13-7-2-3-8-6(4-7)5-9(11)10(8)12/h2-4,9H,5H2,1H3. The fourth-order valence-corrected chi connectivity index (χ4v) is 2.37. The summed E-state index contributed by atoms with van der Waals surface area (Å²) in [4.78, 5) is 11.5. The van der Waals surface area contributed by atoms with Crippen molar-refractivity contribution in [3.63, 3.8) is 0 Å². The van der Waals surface area contributed by atoms with E-state index in [0.29, 0.717) is 0 Å². The molecule has 0 saturated carbocycles. The third-order valence-corrected chi connectivity index (χ3v) is 3.27. The molecule has 2 rings (SSSR count). The van der Waals surface area contributed by atoms with Crippen molar-refractivity contribution in [2.75, 3.05) is 7.11 Å². The molecule has 13 heavy (non-hydrogen) atoms. The first kappa shape index (κ1) is 8.99. The predicted octanol–water partition coefficient (Wildman–Crippen LogP) is 2.24. The van der Waals surface area contributed by atoms with Gasteiger partial charge in [-0.1, -0.05) is 22.6 Å². The molecule has 0 bridgehead atoms. The van der Waals surface area contributed by atoms with Gasteiger partial charge in [-0.05, 0) is 30.2 Å². The highest BCUT2D eigenvalue weighted by atomic mass is 127. The number of rotatable bonds is 1. The summed E-state index contributed by atoms with van der Waals surface area (Å²) in [5.74, 6) is 1.08. The van der Waals surface area contributed by atoms with Crippen molar-refractivity contribution in [2.24, 2.45) is 0 Å². The Morgan fingerprint density at radius 1 is 1.54 bits per heavy atom. The smallest absolute Gasteiger partial charge is 0.176 e. The highest BCUT2D eigenvalue weighted by molar-refractivity contribution is 14.1. The first-order valence-corrected chi connectivity index (χ1v) is 5.32. The van der Waals surface area contributed by atoms with Crippen LogP contribution < -0.4 is 4.74 Å². The third kappa shape index (κ3) is 1.45. The van der Waals surface area contributed by atoms with Crippen LogP contribution in [0.1, 0.15) is 15.9 Å². The van der Waals surface area contributed by atoms with Crippen molar-refractivity contribution < 1.29 is 9.53 Å². The van der Waals surface area contributed by atoms with Gasteiger partial charge in [-0.2, -0.15) is 0 Å². The summed E-state index contributed by atoms with van der Waals surface area (Å²) in [6.07, 6.45) is 0.839. The minimum Gasteiger partial charge on any atom is -0.497 e. The number of carbonyl (C=O) groups excluding carboxylic acids is 1. The van der Waals surface area contributed by atoms with E-state index in [4.69, 9.17) is 4.74 Å². The summed E-state index contributed by atoms with van der Waals surface area (Å²) in [5, 5.41) is 0. The molecule has 1 unspecified atom stereocenters. The Hall–Kier alpha value is -0.580. The molecular weight excluding hydrogens is 279 g/mol. The molecule has 1 aliphatic rings. The Morgan fingerprint density at radius 3 is 3.00 bits per heavy atom. The maximum Gasteiger partial charge on any atom is 0.176 e. The number of carbonyl (C=O) groups is 1. The number of fused-ring (bicyclic) bond motifs is 1. The monoisotopic (exact) mass is 288 g/mol. The number of alkyl halides is 1. The Balaban J connectivity index is 2.46. The van der Waals surface area contributed by atoms with Crippen LogP contribution in [0.4, 0.5) is 0 Å². The molecule has 1 aromatic rings. The molecule has 1 atom stereocenters. The number of benzene rings is 1. The van der Waals surface area contributed by atoms with E-state index in [0.717, 1.165) is 23.3 Å². The van der Waals surface area contributed by atoms with E-state index >= 15 is 0 Å². The van der Waals surface area contributed by atoms with E-state index in [1.54, 1.807) is 7.11 Å². The van der Waals surface area contributed by atoms with E-state index < -0.39 is 0 Å². The summed E-state index contributed by atoms with van der Waals surface area (Å²) >= 11 is 2.19. The number of methoxy groups -OCH3 is 1. The highest BCUT2D eigenvalue weighted by Crippen LogP contribution is 2.29. The fourth-order valence-electron chi connectivity index (χ4n) is 1.56. The SMILES string of the molecule is COc1ccc2c(c1)CC(I)C2=O. The van der Waals surface area contributed by atoms with Crippen LogP contribution in [0.15, 0.2) is 18.2 Å². The van der Waals surface area contributed by atoms with Crippen molar-refractivity contribution in [2.45, 2.75) is 10.3 Å². The molecule has 0 heterocycles. The number of Topliss-reactive ketones (excluding diaryl/α,β-unsaturated/α-hetero) is 1. The second-order valence-electron chi connectivity index (χ2n) is 3.06. The van der Waals surface area contributed by atoms with Gasteiger partial charge in [0.2, 0.25) is 0 Å². The maximum absolute atomic E-state index is 11.5. The molecule has 0 amide bonds. The van der Waals surface area contributed by atoms with Gasteiger partial charge in [-0.15, -0.1) is 0 Å². The van der Waals surface area contributed by atoms with Gasteiger partial charge < -0.3 is 4.74 Å². The fraction of sp³-hybridized carbons (Fsp3) is 0.300. The molecular formula is C10H9IO2. The molecule has 0 aliphatic heterocycles. The minimum atomic E-state index is 0.111. The molecule has 0 saturated heterocycles. The quantitative estimate of drug-likeness (QED) is 0.585. The molecule has 0 radical (unpaired) electrons. The van der Waals surface area contributed by atoms with Crippen molar-refractivity contribution >= 4 is 28.4 Å². The van der Waals surface area contributed by atoms with E-state index in [-0.39, 0.29) is 9.71 Å². The molecule has 0 aromatic heterocycles. The summed E-state index contributed by atoms with van der Waals surface area (Å²) < 4.78 is 5.21. The highest BCUT2D eigenvalue weighted by Gasteiger charge is 2.28. The van der Waals surface area contributed by atoms with Crippen LogP contribution in [0.25, 0.3) is 0 Å². The molecule has 1 aromatic carbocycles. The lowest BCUT2D eigenvalue weighted by Crippen LogP contribution is -2.05. The van der Waals surface area contributed by atoms with Crippen LogP contribution in [0.5, 0.6) is 5.75 Å². The van der Waals surface area contributed by atoms with E-state index in [2.05, 4.69) is 22.6 Å². The summed E-state index contributed by atoms with van der Waals surface area (Å²) in [6, 6.07) is 5.65. The zero-order valence-corrected chi connectivity index (χ0v) is 9.37. The maximum atomic E-state index is 11.5. The average molecular weight is 288 g/mol. The van der Waals surface area contributed by atoms with Gasteiger partial charge in [0.1, 0.15) is 5.75 Å². The molecule has 68 valence electrons. The summed E-state index contributed by atoms with van der Waals surface area (Å²) in [6.45, 7) is 0. The van der Waals surface area contributed by atoms with Crippen molar-refractivity contribution in [1.82, 2.24) is 0 Å². The van der Waals surface area contributed by atoms with Crippen LogP contribution in [-0.2, 0) is 6.42 Å². The number of halogens is 1. The number of ketones is 1. The van der Waals surface area contributed by atoms with Crippen LogP contribution in [0.3, 0.4) is 0 Å². The Morgan fingerprint density at radius 2 is 2.31 bits per heavy atom. The van der Waals surface area contributed by atoms with Gasteiger partial charge in [0.25, 0.3) is 0 Å². The average Bonchev–Trinajstić information content (AvgIpc) is 2.42. The van der Waals surface area contributed by atoms with E-state index in [9.17, 15) is 4.79 Å². The Kier molecular flexibility index (Phi) is 2.27. The second-order valence-corrected chi connectivity index (χ2v) is 4.56. The zero-order chi connectivity index (χ0) is 9.42. The molecule has 2 nitrogen and oxygen atoms in total. The van der Waals surface area contributed by atoms with E-state index in [1.165, 1.54) is 0 Å². The minimum absolute atomic E-state index is 0.111. The zero-order valence-electron chi connectivity index (χ0n) is 7.21. The lowest BCUT2D eigenvalue weighted by Gasteiger charge is -2.01. The van der Waals surface area contributed by atoms with Crippen molar-refractivity contribution in [1.29, 1.82) is 0 Å². The van der Waals surface area contributed by atoms with Crippen molar-refractivity contribution in [3.05, 3.63) is 29.3 Å². The van der Waals surface area contributed by atoms with Crippen LogP contribution in [0.2, 0.25) is 0 Å². The normalized spacial score (nSPS) is 20.2. The van der Waals surface area contributed by atoms with Gasteiger partial charge in [0, 0.05) is 5.56 Å². The molecule has 3 heteroatoms. The van der Waals surface area contributed by atoms with Gasteiger partial charge in [-0.25, -0.2) is 0 Å². The largest absolute Gasteiger partial charge is 0.497 e. The van der Waals surface area contributed by atoms with Crippen LogP contribution >= 0.6 is 22.6 Å². The van der Waals surface area contributed by atoms with Gasteiger partial charge in [-0.3, -0.25) is 4.79 Å². The lowest BCUT2D eigenvalue weighted by atomic mass is 10.1. The van der Waals surface area contributed by atoms with Crippen LogP contribution in [-0.4, -0.2) is 16.8 Å². The van der Waals surface area contributed by atoms with Crippen molar-refractivity contribution in [3.8, 4) is 5.75 Å². The molecule has 0 N–H and O–H groups in total. The lowest BCUT2D eigenvalue weighted by molar-refractivity contribution is 0.100. The third-order valence-electron chi connectivity index (χ3n) is 2.26. The molecule has 0 fully saturated rings. The van der Waals surface area contributed by atoms with Gasteiger partial charge in [0.05, 0.1) is 11.0 Å². The Bertz CT molecular complexity index is 360. The van der Waals surface area contributed by atoms with Gasteiger partial charge in [0.15, 0.2) is 5.78 Å².